The Hall–Kier alpha value is -1.88. The normalized spacial score (nSPS) is 10.2. The molecule has 2 aromatic rings. The van der Waals surface area contributed by atoms with Gasteiger partial charge in [-0.1, -0.05) is 23.2 Å². The van der Waals surface area contributed by atoms with Crippen LogP contribution >= 0.6 is 34.7 Å². The Morgan fingerprint density at radius 1 is 1.52 bits per heavy atom. The second-order valence-corrected chi connectivity index (χ2v) is 5.67. The van der Waals surface area contributed by atoms with E-state index in [0.29, 0.717) is 22.1 Å². The largest absolute Gasteiger partial charge is 0.360 e. The van der Waals surface area contributed by atoms with E-state index in [9.17, 15) is 10.1 Å². The number of anilines is 1. The smallest absolute Gasteiger partial charge is 0.269 e. The molecule has 0 unspecified atom stereocenters. The molecule has 0 bridgehead atoms. The SMILES string of the molecule is CN(Cc1cc([N+](=O)[O-])ccc1Cl)c1snc(Cl)c1C#N. The summed E-state index contributed by atoms with van der Waals surface area (Å²) >= 11 is 13.0. The minimum atomic E-state index is -0.482. The molecule has 0 aliphatic rings. The summed E-state index contributed by atoms with van der Waals surface area (Å²) in [6.07, 6.45) is 0. The Morgan fingerprint density at radius 2 is 2.24 bits per heavy atom. The molecule has 0 spiro atoms. The van der Waals surface area contributed by atoms with Crippen LogP contribution in [-0.4, -0.2) is 16.3 Å². The van der Waals surface area contributed by atoms with Crippen LogP contribution in [0.2, 0.25) is 10.2 Å². The van der Waals surface area contributed by atoms with E-state index in [4.69, 9.17) is 28.5 Å². The van der Waals surface area contributed by atoms with Crippen molar-refractivity contribution in [3.63, 3.8) is 0 Å². The van der Waals surface area contributed by atoms with Crippen molar-refractivity contribution in [1.29, 1.82) is 5.26 Å². The zero-order chi connectivity index (χ0) is 15.6. The number of non-ortho nitro benzene ring substituents is 1. The standard InChI is InChI=1S/C12H8Cl2N4O2S/c1-17(12-9(5-15)11(14)16-21-12)6-7-4-8(18(19)20)2-3-10(7)13/h2-4H,6H2,1H3. The molecule has 0 saturated carbocycles. The van der Waals surface area contributed by atoms with E-state index >= 15 is 0 Å². The second-order valence-electron chi connectivity index (χ2n) is 4.15. The molecule has 108 valence electrons. The zero-order valence-electron chi connectivity index (χ0n) is 10.7. The van der Waals surface area contributed by atoms with Gasteiger partial charge in [0.25, 0.3) is 5.69 Å². The lowest BCUT2D eigenvalue weighted by Gasteiger charge is -2.17. The van der Waals surface area contributed by atoms with Gasteiger partial charge in [-0.15, -0.1) is 0 Å². The van der Waals surface area contributed by atoms with Crippen LogP contribution in [0.25, 0.3) is 0 Å². The van der Waals surface area contributed by atoms with E-state index in [1.807, 2.05) is 6.07 Å². The fourth-order valence-electron chi connectivity index (χ4n) is 1.74. The quantitative estimate of drug-likeness (QED) is 0.622. The van der Waals surface area contributed by atoms with Crippen molar-refractivity contribution >= 4 is 45.4 Å². The predicted octanol–water partition coefficient (Wildman–Crippen LogP) is 3.87. The fourth-order valence-corrected chi connectivity index (χ4v) is 2.90. The summed E-state index contributed by atoms with van der Waals surface area (Å²) in [6.45, 7) is 0.299. The fraction of sp³-hybridized carbons (Fsp3) is 0.167. The first-order chi connectivity index (χ1) is 9.93. The third-order valence-electron chi connectivity index (χ3n) is 2.74. The summed E-state index contributed by atoms with van der Waals surface area (Å²) in [5.41, 5.74) is 0.832. The third-order valence-corrected chi connectivity index (χ3v) is 4.44. The molecular weight excluding hydrogens is 335 g/mol. The van der Waals surface area contributed by atoms with Gasteiger partial charge in [-0.25, -0.2) is 0 Å². The van der Waals surface area contributed by atoms with Gasteiger partial charge in [0.05, 0.1) is 4.92 Å². The Balaban J connectivity index is 2.31. The van der Waals surface area contributed by atoms with E-state index in [1.165, 1.54) is 18.2 Å². The molecular formula is C12H8Cl2N4O2S. The highest BCUT2D eigenvalue weighted by molar-refractivity contribution is 7.10. The zero-order valence-corrected chi connectivity index (χ0v) is 13.0. The number of nitrogens with zero attached hydrogens (tertiary/aromatic N) is 4. The summed E-state index contributed by atoms with van der Waals surface area (Å²) in [5, 5.41) is 21.0. The number of aromatic nitrogens is 1. The van der Waals surface area contributed by atoms with Gasteiger partial charge < -0.3 is 4.90 Å². The van der Waals surface area contributed by atoms with Gasteiger partial charge in [0.2, 0.25) is 0 Å². The third kappa shape index (κ3) is 3.24. The van der Waals surface area contributed by atoms with Crippen LogP contribution in [-0.2, 0) is 6.54 Å². The first-order valence-corrected chi connectivity index (χ1v) is 7.16. The number of nitro benzene ring substituents is 1. The van der Waals surface area contributed by atoms with Crippen molar-refractivity contribution in [3.8, 4) is 6.07 Å². The predicted molar refractivity (Wildman–Crippen MR) is 82.1 cm³/mol. The molecule has 0 atom stereocenters. The Kier molecular flexibility index (Phi) is 4.63. The van der Waals surface area contributed by atoms with E-state index < -0.39 is 4.92 Å². The first kappa shape index (κ1) is 15.5. The number of hydrogen-bond donors (Lipinski definition) is 0. The molecule has 21 heavy (non-hydrogen) atoms. The van der Waals surface area contributed by atoms with Crippen LogP contribution in [0.4, 0.5) is 10.7 Å². The maximum atomic E-state index is 10.8. The molecule has 0 saturated heterocycles. The van der Waals surface area contributed by atoms with Gasteiger partial charge in [0.15, 0.2) is 5.15 Å². The second kappa shape index (κ2) is 6.26. The van der Waals surface area contributed by atoms with Crippen molar-refractivity contribution in [3.05, 3.63) is 49.6 Å². The monoisotopic (exact) mass is 342 g/mol. The van der Waals surface area contributed by atoms with Crippen LogP contribution in [0, 0.1) is 21.4 Å². The van der Waals surface area contributed by atoms with Crippen molar-refractivity contribution in [2.75, 3.05) is 11.9 Å². The highest BCUT2D eigenvalue weighted by atomic mass is 35.5. The van der Waals surface area contributed by atoms with Crippen LogP contribution < -0.4 is 4.90 Å². The van der Waals surface area contributed by atoms with Crippen molar-refractivity contribution in [1.82, 2.24) is 4.37 Å². The number of nitriles is 1. The van der Waals surface area contributed by atoms with Crippen LogP contribution in [0.5, 0.6) is 0 Å². The lowest BCUT2D eigenvalue weighted by Crippen LogP contribution is -2.16. The number of halogens is 2. The van der Waals surface area contributed by atoms with Gasteiger partial charge >= 0.3 is 0 Å². The summed E-state index contributed by atoms with van der Waals surface area (Å²) < 4.78 is 3.92. The van der Waals surface area contributed by atoms with E-state index in [1.54, 1.807) is 11.9 Å². The summed E-state index contributed by atoms with van der Waals surface area (Å²) in [4.78, 5) is 12.1. The highest BCUT2D eigenvalue weighted by Gasteiger charge is 2.18. The molecule has 6 nitrogen and oxygen atoms in total. The van der Waals surface area contributed by atoms with E-state index in [0.717, 1.165) is 11.5 Å². The van der Waals surface area contributed by atoms with Gasteiger partial charge in [-0.2, -0.15) is 9.64 Å². The number of hydrogen-bond acceptors (Lipinski definition) is 6. The lowest BCUT2D eigenvalue weighted by atomic mass is 10.2. The van der Waals surface area contributed by atoms with E-state index in [-0.39, 0.29) is 16.4 Å². The molecule has 0 fully saturated rings. The summed E-state index contributed by atoms with van der Waals surface area (Å²) in [5.74, 6) is 0. The Morgan fingerprint density at radius 3 is 2.86 bits per heavy atom. The van der Waals surface area contributed by atoms with Crippen molar-refractivity contribution in [2.45, 2.75) is 6.54 Å². The summed E-state index contributed by atoms with van der Waals surface area (Å²) in [6, 6.07) is 6.22. The average Bonchev–Trinajstić information content (AvgIpc) is 2.82. The molecule has 0 aliphatic heterocycles. The van der Waals surface area contributed by atoms with Crippen molar-refractivity contribution < 1.29 is 4.92 Å². The molecule has 0 radical (unpaired) electrons. The molecule has 1 aromatic carbocycles. The van der Waals surface area contributed by atoms with Crippen LogP contribution in [0.3, 0.4) is 0 Å². The molecule has 1 aromatic heterocycles. The topological polar surface area (TPSA) is 83.1 Å². The molecule has 0 amide bonds. The van der Waals surface area contributed by atoms with Gasteiger partial charge in [0, 0.05) is 30.7 Å². The van der Waals surface area contributed by atoms with Crippen molar-refractivity contribution in [2.24, 2.45) is 0 Å². The van der Waals surface area contributed by atoms with Gasteiger partial charge in [-0.05, 0) is 23.2 Å². The van der Waals surface area contributed by atoms with E-state index in [2.05, 4.69) is 4.37 Å². The minimum absolute atomic E-state index is 0.0364. The molecule has 9 heteroatoms. The average molecular weight is 343 g/mol. The Labute approximate surface area is 134 Å². The van der Waals surface area contributed by atoms with Crippen LogP contribution in [0.1, 0.15) is 11.1 Å². The van der Waals surface area contributed by atoms with Crippen LogP contribution in [0.15, 0.2) is 18.2 Å². The summed E-state index contributed by atoms with van der Waals surface area (Å²) in [7, 11) is 1.74. The maximum Gasteiger partial charge on any atom is 0.269 e. The maximum absolute atomic E-state index is 10.8. The van der Waals surface area contributed by atoms with Gasteiger partial charge in [-0.3, -0.25) is 10.1 Å². The molecule has 0 N–H and O–H groups in total. The minimum Gasteiger partial charge on any atom is -0.360 e. The molecule has 0 aliphatic carbocycles. The number of nitro groups is 1. The van der Waals surface area contributed by atoms with Gasteiger partial charge in [0.1, 0.15) is 16.6 Å². The lowest BCUT2D eigenvalue weighted by molar-refractivity contribution is -0.384. The molecule has 1 heterocycles. The Bertz CT molecular complexity index is 741. The highest BCUT2D eigenvalue weighted by Crippen LogP contribution is 2.32. The first-order valence-electron chi connectivity index (χ1n) is 5.63. The number of benzene rings is 1. The number of rotatable bonds is 4. The molecule has 2 rings (SSSR count).